The van der Waals surface area contributed by atoms with E-state index in [4.69, 9.17) is 14.5 Å². The van der Waals surface area contributed by atoms with E-state index in [-0.39, 0.29) is 0 Å². The fourth-order valence-electron chi connectivity index (χ4n) is 2.72. The van der Waals surface area contributed by atoms with Crippen molar-refractivity contribution in [1.29, 1.82) is 0 Å². The first-order valence-electron chi connectivity index (χ1n) is 6.77. The molecular formula is C16H22N2O2. The molecule has 2 aromatic rings. The molecule has 0 fully saturated rings. The number of benzene rings is 1. The van der Waals surface area contributed by atoms with Gasteiger partial charge in [-0.05, 0) is 18.4 Å². The highest BCUT2D eigenvalue weighted by atomic mass is 16.5. The average molecular weight is 274 g/mol. The summed E-state index contributed by atoms with van der Waals surface area (Å²) in [7, 11) is 5.25. The molecule has 4 heteroatoms. The lowest BCUT2D eigenvalue weighted by Crippen LogP contribution is -2.05. The first-order chi connectivity index (χ1) is 9.53. The summed E-state index contributed by atoms with van der Waals surface area (Å²) in [5.41, 5.74) is 4.23. The number of anilines is 1. The Morgan fingerprint density at radius 1 is 1.15 bits per heavy atom. The number of rotatable bonds is 4. The largest absolute Gasteiger partial charge is 0.497 e. The smallest absolute Gasteiger partial charge is 0.134 e. The number of pyridine rings is 1. The van der Waals surface area contributed by atoms with Gasteiger partial charge < -0.3 is 14.8 Å². The van der Waals surface area contributed by atoms with Gasteiger partial charge in [-0.1, -0.05) is 13.8 Å². The van der Waals surface area contributed by atoms with Crippen LogP contribution in [0.3, 0.4) is 0 Å². The maximum Gasteiger partial charge on any atom is 0.134 e. The van der Waals surface area contributed by atoms with Crippen LogP contribution in [0.1, 0.15) is 31.0 Å². The van der Waals surface area contributed by atoms with Crippen LogP contribution in [-0.4, -0.2) is 26.3 Å². The number of nitrogens with one attached hydrogen (secondary N) is 1. The lowest BCUT2D eigenvalue weighted by atomic mass is 9.96. The summed E-state index contributed by atoms with van der Waals surface area (Å²) in [6.07, 6.45) is 0. The molecule has 0 bridgehead atoms. The van der Waals surface area contributed by atoms with E-state index in [2.05, 4.69) is 19.2 Å². The molecule has 20 heavy (non-hydrogen) atoms. The van der Waals surface area contributed by atoms with E-state index in [1.165, 1.54) is 5.56 Å². The summed E-state index contributed by atoms with van der Waals surface area (Å²) in [6.45, 7) is 6.39. The molecule has 0 aliphatic rings. The first kappa shape index (κ1) is 14.4. The molecule has 0 saturated carbocycles. The van der Waals surface area contributed by atoms with E-state index in [9.17, 15) is 0 Å². The molecule has 1 heterocycles. The third-order valence-electron chi connectivity index (χ3n) is 3.54. The Kier molecular flexibility index (Phi) is 4.02. The fraction of sp³-hybridized carbons (Fsp3) is 0.438. The Labute approximate surface area is 120 Å². The summed E-state index contributed by atoms with van der Waals surface area (Å²) in [4.78, 5) is 4.72. The monoisotopic (exact) mass is 274 g/mol. The Hall–Kier alpha value is -1.97. The summed E-state index contributed by atoms with van der Waals surface area (Å²) in [6, 6.07) is 3.83. The quantitative estimate of drug-likeness (QED) is 0.922. The predicted octanol–water partition coefficient (Wildman–Crippen LogP) is 3.73. The third-order valence-corrected chi connectivity index (χ3v) is 3.54. The van der Waals surface area contributed by atoms with Crippen molar-refractivity contribution in [1.82, 2.24) is 4.98 Å². The number of nitrogens with zero attached hydrogens (tertiary/aromatic N) is 1. The van der Waals surface area contributed by atoms with Gasteiger partial charge in [-0.3, -0.25) is 4.98 Å². The number of fused-ring (bicyclic) bond motifs is 1. The molecule has 2 rings (SSSR count). The number of methoxy groups -OCH3 is 2. The molecular weight excluding hydrogens is 252 g/mol. The summed E-state index contributed by atoms with van der Waals surface area (Å²) in [5.74, 6) is 1.92. The van der Waals surface area contributed by atoms with Gasteiger partial charge in [0.2, 0.25) is 0 Å². The Morgan fingerprint density at radius 2 is 1.85 bits per heavy atom. The summed E-state index contributed by atoms with van der Waals surface area (Å²) >= 11 is 0. The minimum Gasteiger partial charge on any atom is -0.497 e. The van der Waals surface area contributed by atoms with Crippen molar-refractivity contribution in [3.63, 3.8) is 0 Å². The second kappa shape index (κ2) is 5.57. The van der Waals surface area contributed by atoms with Crippen molar-refractivity contribution in [3.8, 4) is 11.5 Å². The van der Waals surface area contributed by atoms with E-state index < -0.39 is 0 Å². The molecule has 108 valence electrons. The van der Waals surface area contributed by atoms with Crippen LogP contribution in [0.5, 0.6) is 11.5 Å². The standard InChI is InChI=1S/C16H22N2O2/c1-9(2)14-10(3)18-12-7-11(19-5)8-13(20-6)15(12)16(14)17-4/h7-9H,1-6H3,(H,17,18). The van der Waals surface area contributed by atoms with Gasteiger partial charge in [-0.2, -0.15) is 0 Å². The van der Waals surface area contributed by atoms with Crippen LogP contribution in [0.2, 0.25) is 0 Å². The third kappa shape index (κ3) is 2.26. The van der Waals surface area contributed by atoms with Crippen LogP contribution in [0.25, 0.3) is 10.9 Å². The van der Waals surface area contributed by atoms with Gasteiger partial charge in [0.05, 0.1) is 30.8 Å². The zero-order valence-corrected chi connectivity index (χ0v) is 13.0. The molecule has 0 atom stereocenters. The fourth-order valence-corrected chi connectivity index (χ4v) is 2.72. The van der Waals surface area contributed by atoms with Gasteiger partial charge in [0, 0.05) is 24.9 Å². The lowest BCUT2D eigenvalue weighted by molar-refractivity contribution is 0.398. The molecule has 1 aromatic heterocycles. The maximum absolute atomic E-state index is 5.53. The molecule has 0 aliphatic heterocycles. The lowest BCUT2D eigenvalue weighted by Gasteiger charge is -2.19. The van der Waals surface area contributed by atoms with Gasteiger partial charge in [0.15, 0.2) is 0 Å². The Bertz CT molecular complexity index is 636. The van der Waals surface area contributed by atoms with Crippen LogP contribution in [-0.2, 0) is 0 Å². The van der Waals surface area contributed by atoms with Crippen molar-refractivity contribution in [2.45, 2.75) is 26.7 Å². The van der Waals surface area contributed by atoms with Crippen LogP contribution in [0.4, 0.5) is 5.69 Å². The minimum absolute atomic E-state index is 0.390. The van der Waals surface area contributed by atoms with Crippen molar-refractivity contribution in [2.24, 2.45) is 0 Å². The molecule has 0 spiro atoms. The number of hydrogen-bond donors (Lipinski definition) is 1. The number of aryl methyl sites for hydroxylation is 1. The van der Waals surface area contributed by atoms with Crippen molar-refractivity contribution in [3.05, 3.63) is 23.4 Å². The van der Waals surface area contributed by atoms with Gasteiger partial charge in [-0.25, -0.2) is 0 Å². The summed E-state index contributed by atoms with van der Waals surface area (Å²) in [5, 5.41) is 4.32. The Balaban J connectivity index is 2.92. The number of hydrogen-bond acceptors (Lipinski definition) is 4. The summed E-state index contributed by atoms with van der Waals surface area (Å²) < 4.78 is 10.8. The van der Waals surface area contributed by atoms with Crippen LogP contribution >= 0.6 is 0 Å². The van der Waals surface area contributed by atoms with E-state index in [0.717, 1.165) is 33.8 Å². The molecule has 1 aromatic carbocycles. The predicted molar refractivity (Wildman–Crippen MR) is 83.2 cm³/mol. The highest BCUT2D eigenvalue weighted by Gasteiger charge is 2.18. The topological polar surface area (TPSA) is 43.4 Å². The normalized spacial score (nSPS) is 10.9. The second-order valence-electron chi connectivity index (χ2n) is 5.11. The van der Waals surface area contributed by atoms with Gasteiger partial charge in [0.25, 0.3) is 0 Å². The van der Waals surface area contributed by atoms with E-state index in [1.807, 2.05) is 26.1 Å². The molecule has 0 saturated heterocycles. The highest BCUT2D eigenvalue weighted by molar-refractivity contribution is 5.99. The van der Waals surface area contributed by atoms with Crippen molar-refractivity contribution < 1.29 is 9.47 Å². The minimum atomic E-state index is 0.390. The molecule has 0 aliphatic carbocycles. The van der Waals surface area contributed by atoms with Crippen molar-refractivity contribution in [2.75, 3.05) is 26.6 Å². The van der Waals surface area contributed by atoms with E-state index in [0.29, 0.717) is 5.92 Å². The first-order valence-corrected chi connectivity index (χ1v) is 6.77. The molecule has 1 N–H and O–H groups in total. The molecule has 4 nitrogen and oxygen atoms in total. The Morgan fingerprint density at radius 3 is 2.35 bits per heavy atom. The van der Waals surface area contributed by atoms with Gasteiger partial charge in [-0.15, -0.1) is 0 Å². The maximum atomic E-state index is 5.53. The van der Waals surface area contributed by atoms with Gasteiger partial charge in [0.1, 0.15) is 11.5 Å². The number of aromatic nitrogens is 1. The van der Waals surface area contributed by atoms with E-state index in [1.54, 1.807) is 14.2 Å². The SMILES string of the molecule is CNc1c(C(C)C)c(C)nc2cc(OC)cc(OC)c12. The van der Waals surface area contributed by atoms with Crippen LogP contribution < -0.4 is 14.8 Å². The van der Waals surface area contributed by atoms with Crippen molar-refractivity contribution >= 4 is 16.6 Å². The highest BCUT2D eigenvalue weighted by Crippen LogP contribution is 2.40. The van der Waals surface area contributed by atoms with Crippen LogP contribution in [0, 0.1) is 6.92 Å². The van der Waals surface area contributed by atoms with Gasteiger partial charge >= 0.3 is 0 Å². The zero-order chi connectivity index (χ0) is 14.9. The number of ether oxygens (including phenoxy) is 2. The molecule has 0 amide bonds. The molecule has 0 unspecified atom stereocenters. The molecule has 0 radical (unpaired) electrons. The zero-order valence-electron chi connectivity index (χ0n) is 13.0. The second-order valence-corrected chi connectivity index (χ2v) is 5.11. The average Bonchev–Trinajstić information content (AvgIpc) is 2.43. The van der Waals surface area contributed by atoms with Crippen LogP contribution in [0.15, 0.2) is 12.1 Å². The van der Waals surface area contributed by atoms with E-state index >= 15 is 0 Å².